The maximum absolute atomic E-state index is 15.5. The molecule has 2 saturated heterocycles. The number of amides is 1. The minimum atomic E-state index is -4.74. The van der Waals surface area contributed by atoms with Crippen LogP contribution in [0.5, 0.6) is 0 Å². The van der Waals surface area contributed by atoms with Crippen LogP contribution in [0.1, 0.15) is 23.6 Å². The molecule has 1 aromatic carbocycles. The fourth-order valence-electron chi connectivity index (χ4n) is 4.66. The van der Waals surface area contributed by atoms with Gasteiger partial charge in [0.05, 0.1) is 37.9 Å². The molecule has 0 bridgehead atoms. The molecule has 208 valence electrons. The molecule has 1 amide bonds. The molecule has 0 spiro atoms. The van der Waals surface area contributed by atoms with Gasteiger partial charge in [0, 0.05) is 24.6 Å². The van der Waals surface area contributed by atoms with Crippen LogP contribution in [0.2, 0.25) is 0 Å². The minimum absolute atomic E-state index is 0.0194. The summed E-state index contributed by atoms with van der Waals surface area (Å²) >= 11 is 0. The molecular weight excluding hydrogens is 525 g/mol. The van der Waals surface area contributed by atoms with Crippen molar-refractivity contribution in [3.63, 3.8) is 0 Å². The van der Waals surface area contributed by atoms with Crippen molar-refractivity contribution in [1.29, 1.82) is 0 Å². The van der Waals surface area contributed by atoms with Gasteiger partial charge in [-0.25, -0.2) is 23.1 Å². The van der Waals surface area contributed by atoms with Gasteiger partial charge in [0.1, 0.15) is 12.1 Å². The smallest absolute Gasteiger partial charge is 0.377 e. The lowest BCUT2D eigenvalue weighted by Crippen LogP contribution is -2.52. The molecule has 15 heteroatoms. The molecule has 0 aliphatic carbocycles. The minimum Gasteiger partial charge on any atom is -0.377 e. The number of aromatic nitrogens is 2. The fourth-order valence-corrected chi connectivity index (χ4v) is 4.66. The van der Waals surface area contributed by atoms with Crippen LogP contribution in [0.3, 0.4) is 0 Å². The van der Waals surface area contributed by atoms with Crippen molar-refractivity contribution < 1.29 is 40.3 Å². The number of halogens is 7. The van der Waals surface area contributed by atoms with E-state index >= 15 is 4.39 Å². The van der Waals surface area contributed by atoms with Gasteiger partial charge >= 0.3 is 6.18 Å². The van der Waals surface area contributed by atoms with Crippen LogP contribution in [-0.4, -0.2) is 72.6 Å². The van der Waals surface area contributed by atoms with E-state index in [1.807, 2.05) is 0 Å². The van der Waals surface area contributed by atoms with Crippen LogP contribution < -0.4 is 16.0 Å². The Balaban J connectivity index is 1.51. The third-order valence-corrected chi connectivity index (χ3v) is 6.58. The highest BCUT2D eigenvalue weighted by Gasteiger charge is 2.44. The Kier molecular flexibility index (Phi) is 7.97. The molecule has 8 nitrogen and oxygen atoms in total. The number of rotatable bonds is 7. The summed E-state index contributed by atoms with van der Waals surface area (Å²) in [6.45, 7) is -1.09. The van der Waals surface area contributed by atoms with Gasteiger partial charge in [-0.05, 0) is 25.1 Å². The zero-order chi connectivity index (χ0) is 27.7. The zero-order valence-electron chi connectivity index (χ0n) is 19.9. The van der Waals surface area contributed by atoms with Crippen LogP contribution in [0.15, 0.2) is 24.5 Å². The van der Waals surface area contributed by atoms with E-state index in [-0.39, 0.29) is 63.0 Å². The number of likely N-dealkylation sites (tertiary alicyclic amines) is 1. The van der Waals surface area contributed by atoms with Crippen LogP contribution in [0.4, 0.5) is 42.4 Å². The zero-order valence-corrected chi connectivity index (χ0v) is 19.9. The van der Waals surface area contributed by atoms with Crippen LogP contribution in [0, 0.1) is 17.6 Å². The number of alkyl halides is 5. The second-order valence-corrected chi connectivity index (χ2v) is 9.18. The summed E-state index contributed by atoms with van der Waals surface area (Å²) in [7, 11) is 0. The van der Waals surface area contributed by atoms with E-state index < -0.39 is 53.7 Å². The molecular formula is C23H25F7N6O2. The average Bonchev–Trinajstić information content (AvgIpc) is 2.83. The largest absolute Gasteiger partial charge is 0.416 e. The Morgan fingerprint density at radius 3 is 2.63 bits per heavy atom. The Bertz CT molecular complexity index is 1170. The lowest BCUT2D eigenvalue weighted by Gasteiger charge is -2.38. The molecule has 4 rings (SSSR count). The number of morpholine rings is 1. The predicted octanol–water partition coefficient (Wildman–Crippen LogP) is 3.21. The number of anilines is 2. The van der Waals surface area contributed by atoms with E-state index in [2.05, 4.69) is 15.3 Å². The molecule has 2 fully saturated rings. The van der Waals surface area contributed by atoms with E-state index in [1.165, 1.54) is 9.80 Å². The van der Waals surface area contributed by atoms with E-state index in [0.717, 1.165) is 18.5 Å². The molecule has 2 aliphatic heterocycles. The van der Waals surface area contributed by atoms with E-state index in [4.69, 9.17) is 10.5 Å². The Labute approximate surface area is 213 Å². The molecule has 0 unspecified atom stereocenters. The highest BCUT2D eigenvalue weighted by molar-refractivity contribution is 5.75. The number of carbonyl (C=O) groups is 1. The first-order chi connectivity index (χ1) is 17.9. The van der Waals surface area contributed by atoms with E-state index in [0.29, 0.717) is 6.07 Å². The number of nitrogens with zero attached hydrogens (tertiary/aromatic N) is 4. The third-order valence-electron chi connectivity index (χ3n) is 6.58. The standard InChI is InChI=1S/C23H25F7N6O2/c24-16-7-13(23(28,29)30)1-2-15(16)17-10-38-6-5-36(17)21-19(25)20(33-12-34-21)32-8-14-3-4-35(9-18(31)37)11-22(14,26)27/h1-2,7,12,14,17H,3-6,8-11H2,(H2,31,37)(H,32,33,34)/t14-,17+/m0/s1. The first kappa shape index (κ1) is 27.8. The maximum atomic E-state index is 15.5. The average molecular weight is 550 g/mol. The summed E-state index contributed by atoms with van der Waals surface area (Å²) in [5.41, 5.74) is 3.77. The summed E-state index contributed by atoms with van der Waals surface area (Å²) in [4.78, 5) is 21.4. The molecule has 0 radical (unpaired) electrons. The van der Waals surface area contributed by atoms with Crippen molar-refractivity contribution >= 4 is 17.5 Å². The molecule has 3 heterocycles. The molecule has 3 N–H and O–H groups in total. The number of carbonyl (C=O) groups excluding carboxylic acids is 1. The van der Waals surface area contributed by atoms with Gasteiger partial charge in [-0.1, -0.05) is 6.07 Å². The van der Waals surface area contributed by atoms with Gasteiger partial charge in [-0.3, -0.25) is 9.69 Å². The third kappa shape index (κ3) is 6.09. The predicted molar refractivity (Wildman–Crippen MR) is 121 cm³/mol. The van der Waals surface area contributed by atoms with Crippen LogP contribution in [-0.2, 0) is 15.7 Å². The molecule has 38 heavy (non-hydrogen) atoms. The van der Waals surface area contributed by atoms with Crippen LogP contribution >= 0.6 is 0 Å². The Morgan fingerprint density at radius 2 is 1.97 bits per heavy atom. The summed E-state index contributed by atoms with van der Waals surface area (Å²) in [5, 5.41) is 2.59. The van der Waals surface area contributed by atoms with Crippen molar-refractivity contribution in [2.24, 2.45) is 11.7 Å². The van der Waals surface area contributed by atoms with Gasteiger partial charge in [-0.15, -0.1) is 0 Å². The van der Waals surface area contributed by atoms with E-state index in [9.17, 15) is 31.1 Å². The number of hydrogen-bond acceptors (Lipinski definition) is 7. The summed E-state index contributed by atoms with van der Waals surface area (Å²) in [6, 6.07) is 1.06. The van der Waals surface area contributed by atoms with Crippen molar-refractivity contribution in [2.75, 3.05) is 56.2 Å². The normalized spacial score (nSPS) is 22.3. The Morgan fingerprint density at radius 1 is 1.21 bits per heavy atom. The summed E-state index contributed by atoms with van der Waals surface area (Å²) in [5.74, 6) is -7.84. The van der Waals surface area contributed by atoms with Gasteiger partial charge in [-0.2, -0.15) is 17.6 Å². The summed E-state index contributed by atoms with van der Waals surface area (Å²) in [6.07, 6.45) is -3.72. The fraction of sp³-hybridized carbons (Fsp3) is 0.522. The van der Waals surface area contributed by atoms with Crippen molar-refractivity contribution in [3.05, 3.63) is 47.3 Å². The van der Waals surface area contributed by atoms with Gasteiger partial charge in [0.2, 0.25) is 11.7 Å². The van der Waals surface area contributed by atoms with Crippen molar-refractivity contribution in [2.45, 2.75) is 24.6 Å². The van der Waals surface area contributed by atoms with Gasteiger partial charge in [0.15, 0.2) is 11.6 Å². The molecule has 2 aromatic rings. The molecule has 2 aliphatic rings. The number of primary amides is 1. The highest BCUT2D eigenvalue weighted by Crippen LogP contribution is 2.37. The monoisotopic (exact) mass is 550 g/mol. The van der Waals surface area contributed by atoms with Gasteiger partial charge < -0.3 is 20.7 Å². The van der Waals surface area contributed by atoms with Gasteiger partial charge in [0.25, 0.3) is 5.92 Å². The number of hydrogen-bond donors (Lipinski definition) is 2. The first-order valence-electron chi connectivity index (χ1n) is 11.7. The number of benzene rings is 1. The quantitative estimate of drug-likeness (QED) is 0.512. The topological polar surface area (TPSA) is 96.6 Å². The molecule has 1 aromatic heterocycles. The highest BCUT2D eigenvalue weighted by atomic mass is 19.4. The van der Waals surface area contributed by atoms with Crippen LogP contribution in [0.25, 0.3) is 0 Å². The summed E-state index contributed by atoms with van der Waals surface area (Å²) < 4.78 is 104. The number of nitrogens with two attached hydrogens (primary N) is 1. The molecule has 2 atom stereocenters. The molecule has 0 saturated carbocycles. The second kappa shape index (κ2) is 10.9. The SMILES string of the molecule is NC(=O)CN1CC[C@@H](CNc2ncnc(N3CCOC[C@@H]3c3ccc(C(F)(F)F)cc3F)c2F)C(F)(F)C1. The lowest BCUT2D eigenvalue weighted by atomic mass is 9.92. The number of piperidine rings is 1. The first-order valence-corrected chi connectivity index (χ1v) is 11.7. The van der Waals surface area contributed by atoms with Crippen molar-refractivity contribution in [1.82, 2.24) is 14.9 Å². The second-order valence-electron chi connectivity index (χ2n) is 9.18. The Hall–Kier alpha value is -3.20. The van der Waals surface area contributed by atoms with E-state index in [1.54, 1.807) is 0 Å². The maximum Gasteiger partial charge on any atom is 0.416 e. The lowest BCUT2D eigenvalue weighted by molar-refractivity contribution is -0.137. The number of nitrogens with one attached hydrogen (secondary N) is 1. The van der Waals surface area contributed by atoms with Crippen molar-refractivity contribution in [3.8, 4) is 0 Å². The number of ether oxygens (including phenoxy) is 1.